The monoisotopic (exact) mass is 225 g/mol. The highest BCUT2D eigenvalue weighted by atomic mass is 16.1. The SMILES string of the molecule is O=CCC(Nc1ccccc1)c1ccccc1. The Balaban J connectivity index is 2.16. The van der Waals surface area contributed by atoms with Crippen molar-refractivity contribution in [3.8, 4) is 0 Å². The molecule has 0 heterocycles. The van der Waals surface area contributed by atoms with Gasteiger partial charge in [0, 0.05) is 12.1 Å². The zero-order chi connectivity index (χ0) is 11.9. The number of hydrogen-bond donors (Lipinski definition) is 1. The second kappa shape index (κ2) is 5.85. The summed E-state index contributed by atoms with van der Waals surface area (Å²) in [4.78, 5) is 10.7. The number of anilines is 1. The summed E-state index contributed by atoms with van der Waals surface area (Å²) in [6.07, 6.45) is 1.42. The minimum absolute atomic E-state index is 0.0381. The molecule has 0 bridgehead atoms. The van der Waals surface area contributed by atoms with Gasteiger partial charge < -0.3 is 10.1 Å². The van der Waals surface area contributed by atoms with Crippen molar-refractivity contribution < 1.29 is 4.79 Å². The average molecular weight is 225 g/mol. The molecule has 0 spiro atoms. The summed E-state index contributed by atoms with van der Waals surface area (Å²) in [6, 6.07) is 20.0. The van der Waals surface area contributed by atoms with Gasteiger partial charge in [-0.1, -0.05) is 48.5 Å². The third-order valence-corrected chi connectivity index (χ3v) is 2.65. The molecule has 2 aromatic rings. The van der Waals surface area contributed by atoms with Gasteiger partial charge in [0.2, 0.25) is 0 Å². The predicted molar refractivity (Wildman–Crippen MR) is 69.9 cm³/mol. The third-order valence-electron chi connectivity index (χ3n) is 2.65. The van der Waals surface area contributed by atoms with E-state index >= 15 is 0 Å². The lowest BCUT2D eigenvalue weighted by Crippen LogP contribution is -2.11. The van der Waals surface area contributed by atoms with E-state index in [1.807, 2.05) is 60.7 Å². The molecule has 0 aliphatic rings. The Kier molecular flexibility index (Phi) is 3.92. The second-order valence-corrected chi connectivity index (χ2v) is 3.88. The fraction of sp³-hybridized carbons (Fsp3) is 0.133. The Hall–Kier alpha value is -2.09. The molecule has 1 atom stereocenters. The van der Waals surface area contributed by atoms with E-state index in [-0.39, 0.29) is 6.04 Å². The van der Waals surface area contributed by atoms with Gasteiger partial charge in [0.25, 0.3) is 0 Å². The molecule has 1 unspecified atom stereocenters. The van der Waals surface area contributed by atoms with Crippen LogP contribution < -0.4 is 5.32 Å². The van der Waals surface area contributed by atoms with Gasteiger partial charge >= 0.3 is 0 Å². The van der Waals surface area contributed by atoms with Gasteiger partial charge in [-0.05, 0) is 17.7 Å². The van der Waals surface area contributed by atoms with Crippen LogP contribution in [0.4, 0.5) is 5.69 Å². The lowest BCUT2D eigenvalue weighted by Gasteiger charge is -2.18. The largest absolute Gasteiger partial charge is 0.378 e. The fourth-order valence-electron chi connectivity index (χ4n) is 1.80. The highest BCUT2D eigenvalue weighted by Gasteiger charge is 2.09. The molecule has 86 valence electrons. The van der Waals surface area contributed by atoms with E-state index in [0.717, 1.165) is 17.5 Å². The number of hydrogen-bond acceptors (Lipinski definition) is 2. The summed E-state index contributed by atoms with van der Waals surface area (Å²) in [5, 5.41) is 3.36. The van der Waals surface area contributed by atoms with E-state index in [1.165, 1.54) is 0 Å². The first-order chi connectivity index (χ1) is 8.40. The van der Waals surface area contributed by atoms with Crippen molar-refractivity contribution in [2.24, 2.45) is 0 Å². The number of para-hydroxylation sites is 1. The number of carbonyl (C=O) groups is 1. The molecule has 1 N–H and O–H groups in total. The number of carbonyl (C=O) groups excluding carboxylic acids is 1. The van der Waals surface area contributed by atoms with Crippen LogP contribution in [0.1, 0.15) is 18.0 Å². The predicted octanol–water partition coefficient (Wildman–Crippen LogP) is 3.43. The first kappa shape index (κ1) is 11.4. The molecule has 0 saturated carbocycles. The van der Waals surface area contributed by atoms with Crippen LogP contribution in [0.5, 0.6) is 0 Å². The Bertz CT molecular complexity index is 453. The van der Waals surface area contributed by atoms with Crippen molar-refractivity contribution in [3.63, 3.8) is 0 Å². The molecule has 0 saturated heterocycles. The maximum Gasteiger partial charge on any atom is 0.122 e. The van der Waals surface area contributed by atoms with Crippen LogP contribution in [0, 0.1) is 0 Å². The van der Waals surface area contributed by atoms with Crippen molar-refractivity contribution in [2.75, 3.05) is 5.32 Å². The van der Waals surface area contributed by atoms with E-state index in [4.69, 9.17) is 0 Å². The normalized spacial score (nSPS) is 11.8. The molecule has 2 aromatic carbocycles. The van der Waals surface area contributed by atoms with Crippen LogP contribution in [0.25, 0.3) is 0 Å². The minimum atomic E-state index is 0.0381. The lowest BCUT2D eigenvalue weighted by molar-refractivity contribution is -0.108. The highest BCUT2D eigenvalue weighted by Crippen LogP contribution is 2.21. The van der Waals surface area contributed by atoms with Crippen LogP contribution in [0.3, 0.4) is 0 Å². The van der Waals surface area contributed by atoms with E-state index in [9.17, 15) is 4.79 Å². The maximum absolute atomic E-state index is 10.7. The van der Waals surface area contributed by atoms with E-state index in [0.29, 0.717) is 6.42 Å². The molecule has 2 nitrogen and oxygen atoms in total. The van der Waals surface area contributed by atoms with Crippen molar-refractivity contribution in [1.82, 2.24) is 0 Å². The van der Waals surface area contributed by atoms with Crippen LogP contribution in [-0.2, 0) is 4.79 Å². The summed E-state index contributed by atoms with van der Waals surface area (Å²) >= 11 is 0. The topological polar surface area (TPSA) is 29.1 Å². The smallest absolute Gasteiger partial charge is 0.122 e. The summed E-state index contributed by atoms with van der Waals surface area (Å²) in [7, 11) is 0. The fourth-order valence-corrected chi connectivity index (χ4v) is 1.80. The Morgan fingerprint density at radius 3 is 2.12 bits per heavy atom. The van der Waals surface area contributed by atoms with Crippen molar-refractivity contribution in [1.29, 1.82) is 0 Å². The third kappa shape index (κ3) is 3.18. The Labute approximate surface area is 101 Å². The van der Waals surface area contributed by atoms with Gasteiger partial charge in [-0.15, -0.1) is 0 Å². The molecule has 0 radical (unpaired) electrons. The van der Waals surface area contributed by atoms with Gasteiger partial charge in [0.15, 0.2) is 0 Å². The molecule has 2 heteroatoms. The summed E-state index contributed by atoms with van der Waals surface area (Å²) < 4.78 is 0. The molecule has 0 fully saturated rings. The van der Waals surface area contributed by atoms with E-state index in [1.54, 1.807) is 0 Å². The molecule has 0 aromatic heterocycles. The van der Waals surface area contributed by atoms with E-state index < -0.39 is 0 Å². The first-order valence-electron chi connectivity index (χ1n) is 5.70. The van der Waals surface area contributed by atoms with Crippen LogP contribution in [0.15, 0.2) is 60.7 Å². The zero-order valence-electron chi connectivity index (χ0n) is 9.54. The number of benzene rings is 2. The summed E-state index contributed by atoms with van der Waals surface area (Å²) in [6.45, 7) is 0. The van der Waals surface area contributed by atoms with Gasteiger partial charge in [-0.25, -0.2) is 0 Å². The molecule has 0 aliphatic heterocycles. The first-order valence-corrected chi connectivity index (χ1v) is 5.70. The number of aldehydes is 1. The molecule has 17 heavy (non-hydrogen) atoms. The Morgan fingerprint density at radius 2 is 1.53 bits per heavy atom. The van der Waals surface area contributed by atoms with Gasteiger partial charge in [0.05, 0.1) is 6.04 Å². The van der Waals surface area contributed by atoms with Crippen molar-refractivity contribution in [3.05, 3.63) is 66.2 Å². The molecule has 2 rings (SSSR count). The summed E-state index contributed by atoms with van der Waals surface area (Å²) in [5.74, 6) is 0. The highest BCUT2D eigenvalue weighted by molar-refractivity contribution is 5.55. The lowest BCUT2D eigenvalue weighted by atomic mass is 10.0. The Morgan fingerprint density at radius 1 is 0.941 bits per heavy atom. The number of rotatable bonds is 5. The second-order valence-electron chi connectivity index (χ2n) is 3.88. The quantitative estimate of drug-likeness (QED) is 0.790. The molecular formula is C15H15NO. The molecular weight excluding hydrogens is 210 g/mol. The minimum Gasteiger partial charge on any atom is -0.378 e. The van der Waals surface area contributed by atoms with Crippen LogP contribution in [-0.4, -0.2) is 6.29 Å². The average Bonchev–Trinajstić information content (AvgIpc) is 2.40. The molecule has 0 amide bonds. The van der Waals surface area contributed by atoms with Gasteiger partial charge in [-0.3, -0.25) is 0 Å². The zero-order valence-corrected chi connectivity index (χ0v) is 9.54. The molecule has 0 aliphatic carbocycles. The van der Waals surface area contributed by atoms with Crippen molar-refractivity contribution >= 4 is 12.0 Å². The van der Waals surface area contributed by atoms with E-state index in [2.05, 4.69) is 5.32 Å². The van der Waals surface area contributed by atoms with Crippen LogP contribution >= 0.6 is 0 Å². The van der Waals surface area contributed by atoms with Gasteiger partial charge in [0.1, 0.15) is 6.29 Å². The standard InChI is InChI=1S/C15H15NO/c17-12-11-15(13-7-3-1-4-8-13)16-14-9-5-2-6-10-14/h1-10,12,15-16H,11H2. The summed E-state index contributed by atoms with van der Waals surface area (Å²) in [5.41, 5.74) is 2.16. The number of nitrogens with one attached hydrogen (secondary N) is 1. The maximum atomic E-state index is 10.7. The van der Waals surface area contributed by atoms with Crippen molar-refractivity contribution in [2.45, 2.75) is 12.5 Å². The van der Waals surface area contributed by atoms with Crippen LogP contribution in [0.2, 0.25) is 0 Å². The van der Waals surface area contributed by atoms with Gasteiger partial charge in [-0.2, -0.15) is 0 Å².